The van der Waals surface area contributed by atoms with Crippen LogP contribution in [0.2, 0.25) is 0 Å². The third-order valence-corrected chi connectivity index (χ3v) is 2.79. The van der Waals surface area contributed by atoms with E-state index in [1.54, 1.807) is 13.3 Å². The van der Waals surface area contributed by atoms with Crippen molar-refractivity contribution in [2.75, 3.05) is 13.7 Å². The number of benzene rings is 1. The molecule has 19 heavy (non-hydrogen) atoms. The molecule has 5 nitrogen and oxygen atoms in total. The molecule has 0 atom stereocenters. The van der Waals surface area contributed by atoms with E-state index in [0.717, 1.165) is 16.8 Å². The lowest BCUT2D eigenvalue weighted by Crippen LogP contribution is -2.23. The van der Waals surface area contributed by atoms with Gasteiger partial charge in [0.15, 0.2) is 0 Å². The number of nitrogens with one attached hydrogen (secondary N) is 2. The monoisotopic (exact) mass is 259 g/mol. The average Bonchev–Trinajstić information content (AvgIpc) is 2.97. The Morgan fingerprint density at radius 3 is 2.74 bits per heavy atom. The largest absolute Gasteiger partial charge is 0.384 e. The summed E-state index contributed by atoms with van der Waals surface area (Å²) in [6.45, 7) is 0.983. The highest BCUT2D eigenvalue weighted by atomic mass is 16.5. The zero-order chi connectivity index (χ0) is 13.5. The number of carbonyl (C=O) groups excluding carboxylic acids is 1. The van der Waals surface area contributed by atoms with Crippen LogP contribution in [0.25, 0.3) is 11.3 Å². The minimum Gasteiger partial charge on any atom is -0.384 e. The fourth-order valence-electron chi connectivity index (χ4n) is 1.70. The van der Waals surface area contributed by atoms with E-state index in [0.29, 0.717) is 19.6 Å². The Bertz CT molecular complexity index is 506. The quantitative estimate of drug-likeness (QED) is 0.830. The number of rotatable bonds is 6. The number of ether oxygens (including phenoxy) is 1. The van der Waals surface area contributed by atoms with Crippen LogP contribution in [-0.4, -0.2) is 29.8 Å². The van der Waals surface area contributed by atoms with E-state index in [4.69, 9.17) is 4.74 Å². The minimum absolute atomic E-state index is 0.000468. The highest BCUT2D eigenvalue weighted by Gasteiger charge is 2.02. The van der Waals surface area contributed by atoms with Gasteiger partial charge >= 0.3 is 0 Å². The van der Waals surface area contributed by atoms with Crippen molar-refractivity contribution in [3.8, 4) is 11.3 Å². The summed E-state index contributed by atoms with van der Waals surface area (Å²) in [6.07, 6.45) is 2.11. The van der Waals surface area contributed by atoms with Crippen LogP contribution in [0.3, 0.4) is 0 Å². The highest BCUT2D eigenvalue weighted by molar-refractivity contribution is 5.76. The molecule has 0 unspecified atom stereocenters. The molecule has 0 aliphatic heterocycles. The van der Waals surface area contributed by atoms with Crippen LogP contribution in [0.1, 0.15) is 12.0 Å². The van der Waals surface area contributed by atoms with E-state index < -0.39 is 0 Å². The molecule has 2 aromatic rings. The van der Waals surface area contributed by atoms with Crippen LogP contribution in [0.15, 0.2) is 36.5 Å². The van der Waals surface area contributed by atoms with Crippen LogP contribution in [0, 0.1) is 0 Å². The summed E-state index contributed by atoms with van der Waals surface area (Å²) >= 11 is 0. The summed E-state index contributed by atoms with van der Waals surface area (Å²) in [4.78, 5) is 11.4. The average molecular weight is 259 g/mol. The van der Waals surface area contributed by atoms with Crippen LogP contribution in [-0.2, 0) is 16.1 Å². The summed E-state index contributed by atoms with van der Waals surface area (Å²) < 4.78 is 4.85. The maximum Gasteiger partial charge on any atom is 0.222 e. The van der Waals surface area contributed by atoms with E-state index in [1.165, 1.54) is 0 Å². The molecule has 2 N–H and O–H groups in total. The Morgan fingerprint density at radius 1 is 1.32 bits per heavy atom. The number of hydrogen-bond donors (Lipinski definition) is 2. The zero-order valence-electron chi connectivity index (χ0n) is 10.8. The standard InChI is InChI=1S/C14H17N3O2/c1-19-9-7-14(18)15-10-11-2-4-12(5-3-11)13-6-8-16-17-13/h2-6,8H,7,9-10H2,1H3,(H,15,18)(H,16,17). The molecule has 1 heterocycles. The second-order valence-corrected chi connectivity index (χ2v) is 4.19. The van der Waals surface area contributed by atoms with E-state index in [2.05, 4.69) is 15.5 Å². The lowest BCUT2D eigenvalue weighted by atomic mass is 10.1. The van der Waals surface area contributed by atoms with Crippen molar-refractivity contribution in [2.24, 2.45) is 0 Å². The molecule has 0 aliphatic rings. The van der Waals surface area contributed by atoms with E-state index in [1.807, 2.05) is 30.3 Å². The third-order valence-electron chi connectivity index (χ3n) is 2.79. The normalized spacial score (nSPS) is 10.4. The van der Waals surface area contributed by atoms with Gasteiger partial charge in [-0.1, -0.05) is 24.3 Å². The van der Waals surface area contributed by atoms with Crippen LogP contribution in [0.5, 0.6) is 0 Å². The summed E-state index contributed by atoms with van der Waals surface area (Å²) in [7, 11) is 1.58. The van der Waals surface area contributed by atoms with Gasteiger partial charge in [0.2, 0.25) is 5.91 Å². The third kappa shape index (κ3) is 3.93. The first kappa shape index (κ1) is 13.3. The summed E-state index contributed by atoms with van der Waals surface area (Å²) in [5.41, 5.74) is 3.12. The molecule has 1 aromatic heterocycles. The second kappa shape index (κ2) is 6.70. The van der Waals surface area contributed by atoms with Gasteiger partial charge in [0.05, 0.1) is 12.3 Å². The number of carbonyl (C=O) groups is 1. The Labute approximate surface area is 112 Å². The minimum atomic E-state index is -0.000468. The first-order chi connectivity index (χ1) is 9.29. The van der Waals surface area contributed by atoms with Crippen LogP contribution in [0.4, 0.5) is 0 Å². The molecule has 0 spiro atoms. The Morgan fingerprint density at radius 2 is 2.11 bits per heavy atom. The molecular weight excluding hydrogens is 242 g/mol. The number of hydrogen-bond acceptors (Lipinski definition) is 3. The number of methoxy groups -OCH3 is 1. The molecule has 100 valence electrons. The zero-order valence-corrected chi connectivity index (χ0v) is 10.8. The molecule has 2 rings (SSSR count). The molecular formula is C14H17N3O2. The van der Waals surface area contributed by atoms with Gasteiger partial charge in [-0.3, -0.25) is 9.89 Å². The van der Waals surface area contributed by atoms with E-state index >= 15 is 0 Å². The molecule has 1 amide bonds. The molecule has 0 saturated heterocycles. The summed E-state index contributed by atoms with van der Waals surface area (Å²) in [6, 6.07) is 9.91. The van der Waals surface area contributed by atoms with Crippen molar-refractivity contribution >= 4 is 5.91 Å². The highest BCUT2D eigenvalue weighted by Crippen LogP contribution is 2.16. The van der Waals surface area contributed by atoms with Crippen molar-refractivity contribution in [1.82, 2.24) is 15.5 Å². The summed E-state index contributed by atoms with van der Waals surface area (Å²) in [5.74, 6) is -0.000468. The van der Waals surface area contributed by atoms with Crippen LogP contribution < -0.4 is 5.32 Å². The molecule has 0 saturated carbocycles. The number of amides is 1. The Balaban J connectivity index is 1.87. The van der Waals surface area contributed by atoms with Gasteiger partial charge in [0.25, 0.3) is 0 Å². The predicted octanol–water partition coefficient (Wildman–Crippen LogP) is 1.73. The van der Waals surface area contributed by atoms with Crippen molar-refractivity contribution in [2.45, 2.75) is 13.0 Å². The first-order valence-corrected chi connectivity index (χ1v) is 6.14. The number of aromatic nitrogens is 2. The Kier molecular flexibility index (Phi) is 4.69. The lowest BCUT2D eigenvalue weighted by Gasteiger charge is -2.06. The van der Waals surface area contributed by atoms with E-state index in [9.17, 15) is 4.79 Å². The van der Waals surface area contributed by atoms with Crippen LogP contribution >= 0.6 is 0 Å². The fourth-order valence-corrected chi connectivity index (χ4v) is 1.70. The van der Waals surface area contributed by atoms with Crippen molar-refractivity contribution in [1.29, 1.82) is 0 Å². The van der Waals surface area contributed by atoms with Gasteiger partial charge in [-0.2, -0.15) is 5.10 Å². The summed E-state index contributed by atoms with van der Waals surface area (Å²) in [5, 5.41) is 9.68. The van der Waals surface area contributed by atoms with Gasteiger partial charge in [0.1, 0.15) is 0 Å². The molecule has 0 bridgehead atoms. The molecule has 0 aliphatic carbocycles. The van der Waals surface area contributed by atoms with Gasteiger partial charge < -0.3 is 10.1 Å². The first-order valence-electron chi connectivity index (χ1n) is 6.14. The predicted molar refractivity (Wildman–Crippen MR) is 72.4 cm³/mol. The molecule has 0 fully saturated rings. The number of nitrogens with zero attached hydrogens (tertiary/aromatic N) is 1. The van der Waals surface area contributed by atoms with Gasteiger partial charge in [-0.15, -0.1) is 0 Å². The Hall–Kier alpha value is -2.14. The molecule has 1 aromatic carbocycles. The second-order valence-electron chi connectivity index (χ2n) is 4.19. The molecule has 5 heteroatoms. The SMILES string of the molecule is COCCC(=O)NCc1ccc(-c2ccn[nH]2)cc1. The van der Waals surface area contributed by atoms with Gasteiger partial charge in [-0.05, 0) is 17.2 Å². The van der Waals surface area contributed by atoms with Gasteiger partial charge in [0, 0.05) is 26.3 Å². The topological polar surface area (TPSA) is 67.0 Å². The van der Waals surface area contributed by atoms with Crippen molar-refractivity contribution < 1.29 is 9.53 Å². The van der Waals surface area contributed by atoms with E-state index in [-0.39, 0.29) is 5.91 Å². The number of H-pyrrole nitrogens is 1. The molecule has 0 radical (unpaired) electrons. The fraction of sp³-hybridized carbons (Fsp3) is 0.286. The smallest absolute Gasteiger partial charge is 0.222 e. The lowest BCUT2D eigenvalue weighted by molar-refractivity contribution is -0.122. The maximum absolute atomic E-state index is 11.4. The van der Waals surface area contributed by atoms with Gasteiger partial charge in [-0.25, -0.2) is 0 Å². The van der Waals surface area contributed by atoms with Crippen molar-refractivity contribution in [3.05, 3.63) is 42.1 Å². The van der Waals surface area contributed by atoms with Crippen molar-refractivity contribution in [3.63, 3.8) is 0 Å². The number of aromatic amines is 1. The maximum atomic E-state index is 11.4.